The molecule has 0 aliphatic heterocycles. The molecule has 0 fully saturated rings. The van der Waals surface area contributed by atoms with Crippen molar-refractivity contribution in [1.29, 1.82) is 0 Å². The Morgan fingerprint density at radius 3 is 2.41 bits per heavy atom. The van der Waals surface area contributed by atoms with Gasteiger partial charge in [0.1, 0.15) is 0 Å². The van der Waals surface area contributed by atoms with E-state index in [0.29, 0.717) is 39.8 Å². The Morgan fingerprint density at radius 2 is 1.69 bits per heavy atom. The second-order valence-corrected chi connectivity index (χ2v) is 8.07. The van der Waals surface area contributed by atoms with E-state index in [2.05, 4.69) is 0 Å². The van der Waals surface area contributed by atoms with E-state index in [1.807, 2.05) is 49.4 Å². The topological polar surface area (TPSA) is 68.0 Å². The smallest absolute Gasteiger partial charge is 0.262 e. The molecule has 0 spiro atoms. The van der Waals surface area contributed by atoms with Crippen molar-refractivity contribution < 1.29 is 5.11 Å². The first-order valence-corrected chi connectivity index (χ1v) is 10.7. The van der Waals surface area contributed by atoms with Gasteiger partial charge in [-0.1, -0.05) is 53.7 Å². The molecule has 0 aliphatic carbocycles. The summed E-state index contributed by atoms with van der Waals surface area (Å²) in [7, 11) is 0. The van der Waals surface area contributed by atoms with Crippen molar-refractivity contribution in [3.63, 3.8) is 0 Å². The molecule has 0 unspecified atom stereocenters. The Labute approximate surface area is 177 Å². The molecule has 0 aliphatic rings. The SMILES string of the molecule is Cc1c(Cl)c(CSc2nc3ccccc3c(=O)n2CCCO)nc2ccccc12. The zero-order chi connectivity index (χ0) is 20.4. The first-order valence-electron chi connectivity index (χ1n) is 9.37. The summed E-state index contributed by atoms with van der Waals surface area (Å²) in [5.74, 6) is 0.494. The van der Waals surface area contributed by atoms with Gasteiger partial charge in [-0.25, -0.2) is 4.98 Å². The number of fused-ring (bicyclic) bond motifs is 2. The first-order chi connectivity index (χ1) is 14.1. The second-order valence-electron chi connectivity index (χ2n) is 6.75. The fourth-order valence-electron chi connectivity index (χ4n) is 3.33. The van der Waals surface area contributed by atoms with E-state index >= 15 is 0 Å². The molecule has 2 aromatic carbocycles. The van der Waals surface area contributed by atoms with Crippen LogP contribution in [0.3, 0.4) is 0 Å². The van der Waals surface area contributed by atoms with E-state index in [4.69, 9.17) is 21.6 Å². The van der Waals surface area contributed by atoms with Crippen molar-refractivity contribution in [2.45, 2.75) is 30.8 Å². The van der Waals surface area contributed by atoms with Crippen LogP contribution in [0.1, 0.15) is 17.7 Å². The van der Waals surface area contributed by atoms with E-state index < -0.39 is 0 Å². The summed E-state index contributed by atoms with van der Waals surface area (Å²) in [5.41, 5.74) is 3.23. The van der Waals surface area contributed by atoms with Crippen LogP contribution in [0.2, 0.25) is 5.02 Å². The van der Waals surface area contributed by atoms with Crippen LogP contribution >= 0.6 is 23.4 Å². The summed E-state index contributed by atoms with van der Waals surface area (Å²) in [6.45, 7) is 2.42. The molecular weight excluding hydrogens is 406 g/mol. The maximum absolute atomic E-state index is 12.9. The third-order valence-electron chi connectivity index (χ3n) is 4.85. The zero-order valence-electron chi connectivity index (χ0n) is 15.9. The summed E-state index contributed by atoms with van der Waals surface area (Å²) in [6, 6.07) is 15.2. The lowest BCUT2D eigenvalue weighted by molar-refractivity contribution is 0.276. The van der Waals surface area contributed by atoms with Crippen LogP contribution in [-0.4, -0.2) is 26.2 Å². The van der Waals surface area contributed by atoms with Gasteiger partial charge in [0.25, 0.3) is 5.56 Å². The van der Waals surface area contributed by atoms with Gasteiger partial charge in [-0.3, -0.25) is 14.3 Å². The van der Waals surface area contributed by atoms with E-state index in [9.17, 15) is 9.90 Å². The van der Waals surface area contributed by atoms with Gasteiger partial charge in [-0.15, -0.1) is 0 Å². The number of aromatic nitrogens is 3. The lowest BCUT2D eigenvalue weighted by atomic mass is 10.1. The van der Waals surface area contributed by atoms with E-state index in [1.165, 1.54) is 11.8 Å². The van der Waals surface area contributed by atoms with Crippen molar-refractivity contribution in [3.8, 4) is 0 Å². The minimum absolute atomic E-state index is 0.0145. The predicted molar refractivity (Wildman–Crippen MR) is 119 cm³/mol. The van der Waals surface area contributed by atoms with Crippen molar-refractivity contribution in [3.05, 3.63) is 75.2 Å². The first kappa shape index (κ1) is 19.9. The molecular formula is C22H20ClN3O2S. The molecule has 7 heteroatoms. The predicted octanol–water partition coefficient (Wildman–Crippen LogP) is 4.58. The van der Waals surface area contributed by atoms with Gasteiger partial charge in [0.2, 0.25) is 0 Å². The highest BCUT2D eigenvalue weighted by atomic mass is 35.5. The molecule has 0 bridgehead atoms. The lowest BCUT2D eigenvalue weighted by Gasteiger charge is -2.14. The Balaban J connectivity index is 1.74. The fourth-order valence-corrected chi connectivity index (χ4v) is 4.59. The van der Waals surface area contributed by atoms with Crippen molar-refractivity contribution in [2.24, 2.45) is 0 Å². The number of pyridine rings is 1. The molecule has 0 saturated heterocycles. The maximum Gasteiger partial charge on any atom is 0.262 e. The Morgan fingerprint density at radius 1 is 1.03 bits per heavy atom. The number of halogens is 1. The van der Waals surface area contributed by atoms with Gasteiger partial charge in [0, 0.05) is 24.3 Å². The fraction of sp³-hybridized carbons (Fsp3) is 0.227. The van der Waals surface area contributed by atoms with E-state index in [0.717, 1.165) is 22.2 Å². The largest absolute Gasteiger partial charge is 0.396 e. The monoisotopic (exact) mass is 425 g/mol. The minimum Gasteiger partial charge on any atom is -0.396 e. The number of para-hydroxylation sites is 2. The van der Waals surface area contributed by atoms with E-state index in [-0.39, 0.29) is 12.2 Å². The molecule has 29 heavy (non-hydrogen) atoms. The van der Waals surface area contributed by atoms with Gasteiger partial charge in [0.05, 0.1) is 27.1 Å². The van der Waals surface area contributed by atoms with Gasteiger partial charge < -0.3 is 5.11 Å². The zero-order valence-corrected chi connectivity index (χ0v) is 17.5. The van der Waals surface area contributed by atoms with Crippen LogP contribution < -0.4 is 5.56 Å². The highest BCUT2D eigenvalue weighted by Gasteiger charge is 2.15. The molecule has 0 amide bonds. The Hall–Kier alpha value is -2.41. The quantitative estimate of drug-likeness (QED) is 0.361. The molecule has 1 N–H and O–H groups in total. The molecule has 148 valence electrons. The lowest BCUT2D eigenvalue weighted by Crippen LogP contribution is -2.24. The minimum atomic E-state index is -0.0969. The third-order valence-corrected chi connectivity index (χ3v) is 6.34. The molecule has 4 rings (SSSR count). The summed E-state index contributed by atoms with van der Waals surface area (Å²) >= 11 is 8.02. The molecule has 5 nitrogen and oxygen atoms in total. The number of nitrogens with zero attached hydrogens (tertiary/aromatic N) is 3. The van der Waals surface area contributed by atoms with Crippen molar-refractivity contribution in [1.82, 2.24) is 14.5 Å². The molecule has 0 saturated carbocycles. The maximum atomic E-state index is 12.9. The summed E-state index contributed by atoms with van der Waals surface area (Å²) in [6.07, 6.45) is 0.488. The number of aliphatic hydroxyl groups excluding tert-OH is 1. The average Bonchev–Trinajstić information content (AvgIpc) is 2.75. The Bertz CT molecular complexity index is 1260. The van der Waals surface area contributed by atoms with Crippen LogP contribution in [0, 0.1) is 6.92 Å². The van der Waals surface area contributed by atoms with Crippen LogP contribution in [0.4, 0.5) is 0 Å². The molecule has 4 aromatic rings. The number of aliphatic hydroxyl groups is 1. The second kappa shape index (κ2) is 8.53. The van der Waals surface area contributed by atoms with Gasteiger partial charge in [0.15, 0.2) is 5.16 Å². The van der Waals surface area contributed by atoms with Crippen molar-refractivity contribution >= 4 is 45.2 Å². The van der Waals surface area contributed by atoms with Gasteiger partial charge in [-0.05, 0) is 37.1 Å². The summed E-state index contributed by atoms with van der Waals surface area (Å²) in [5, 5.41) is 12.1. The van der Waals surface area contributed by atoms with Gasteiger partial charge >= 0.3 is 0 Å². The van der Waals surface area contributed by atoms with Crippen LogP contribution in [0.15, 0.2) is 58.5 Å². The van der Waals surface area contributed by atoms with Gasteiger partial charge in [-0.2, -0.15) is 0 Å². The highest BCUT2D eigenvalue weighted by Crippen LogP contribution is 2.31. The van der Waals surface area contributed by atoms with Crippen LogP contribution in [0.25, 0.3) is 21.8 Å². The standard InChI is InChI=1S/C22H20ClN3O2S/c1-14-15-7-2-4-9-17(15)24-19(20(14)23)13-29-22-25-18-10-5-3-8-16(18)21(28)26(22)11-6-12-27/h2-5,7-10,27H,6,11-13H2,1H3. The number of rotatable bonds is 6. The number of thioether (sulfide) groups is 1. The summed E-state index contributed by atoms with van der Waals surface area (Å²) in [4.78, 5) is 22.4. The van der Waals surface area contributed by atoms with Crippen molar-refractivity contribution in [2.75, 3.05) is 6.61 Å². The Kier molecular flexibility index (Phi) is 5.85. The van der Waals surface area contributed by atoms with Crippen LogP contribution in [0.5, 0.6) is 0 Å². The highest BCUT2D eigenvalue weighted by molar-refractivity contribution is 7.98. The number of benzene rings is 2. The number of hydrogen-bond acceptors (Lipinski definition) is 5. The average molecular weight is 426 g/mol. The number of aryl methyl sites for hydroxylation is 1. The van der Waals surface area contributed by atoms with Crippen LogP contribution in [-0.2, 0) is 12.3 Å². The molecule has 2 aromatic heterocycles. The van der Waals surface area contributed by atoms with E-state index in [1.54, 1.807) is 10.6 Å². The normalized spacial score (nSPS) is 11.4. The summed E-state index contributed by atoms with van der Waals surface area (Å²) < 4.78 is 1.63. The number of hydrogen-bond donors (Lipinski definition) is 1. The molecule has 2 heterocycles. The molecule has 0 radical (unpaired) electrons. The third kappa shape index (κ3) is 3.88. The molecule has 0 atom stereocenters.